The van der Waals surface area contributed by atoms with Gasteiger partial charge < -0.3 is 9.47 Å². The molecule has 3 heterocycles. The number of aryl methyl sites for hydroxylation is 1. The van der Waals surface area contributed by atoms with Crippen LogP contribution in [0.25, 0.3) is 10.2 Å². The molecule has 0 saturated heterocycles. The monoisotopic (exact) mass is 409 g/mol. The van der Waals surface area contributed by atoms with E-state index in [1.54, 1.807) is 61.6 Å². The summed E-state index contributed by atoms with van der Waals surface area (Å²) in [5, 5.41) is 4.79. The van der Waals surface area contributed by atoms with Crippen LogP contribution in [-0.4, -0.2) is 39.9 Å². The first-order valence-corrected chi connectivity index (χ1v) is 9.64. The molecule has 0 fully saturated rings. The number of nitrogens with zero attached hydrogens (tertiary/aromatic N) is 5. The highest BCUT2D eigenvalue weighted by atomic mass is 32.1. The van der Waals surface area contributed by atoms with Crippen LogP contribution in [0.3, 0.4) is 0 Å². The molecule has 0 unspecified atom stereocenters. The summed E-state index contributed by atoms with van der Waals surface area (Å²) in [4.78, 5) is 23.7. The largest absolute Gasteiger partial charge is 0.495 e. The minimum Gasteiger partial charge on any atom is -0.495 e. The number of rotatable bonds is 6. The molecule has 0 aliphatic rings. The first-order valence-electron chi connectivity index (χ1n) is 8.82. The van der Waals surface area contributed by atoms with E-state index in [1.807, 2.05) is 18.2 Å². The second kappa shape index (κ2) is 7.88. The Morgan fingerprint density at radius 2 is 1.97 bits per heavy atom. The number of amides is 1. The van der Waals surface area contributed by atoms with Crippen LogP contribution in [0.4, 0.5) is 5.13 Å². The number of benzene rings is 1. The van der Waals surface area contributed by atoms with E-state index in [2.05, 4.69) is 10.1 Å². The van der Waals surface area contributed by atoms with E-state index in [0.29, 0.717) is 34.4 Å². The SMILES string of the molecule is COc1ccc(OC)c2sc(N(Cc3cccnc3)C(=O)c3ccn(C)n3)nc12. The van der Waals surface area contributed by atoms with Crippen molar-refractivity contribution in [2.24, 2.45) is 7.05 Å². The zero-order valence-electron chi connectivity index (χ0n) is 16.2. The molecule has 4 aromatic rings. The molecule has 8 nitrogen and oxygen atoms in total. The zero-order valence-corrected chi connectivity index (χ0v) is 17.0. The van der Waals surface area contributed by atoms with Gasteiger partial charge in [0.25, 0.3) is 5.91 Å². The number of fused-ring (bicyclic) bond motifs is 1. The van der Waals surface area contributed by atoms with Crippen LogP contribution in [0.2, 0.25) is 0 Å². The molecule has 0 spiro atoms. The Morgan fingerprint density at radius 3 is 2.62 bits per heavy atom. The number of hydrogen-bond donors (Lipinski definition) is 0. The Bertz CT molecular complexity index is 1110. The van der Waals surface area contributed by atoms with Crippen molar-refractivity contribution in [3.63, 3.8) is 0 Å². The Hall–Kier alpha value is -3.46. The molecule has 3 aromatic heterocycles. The van der Waals surface area contributed by atoms with Crippen LogP contribution in [0.15, 0.2) is 48.9 Å². The Labute approximate surface area is 171 Å². The van der Waals surface area contributed by atoms with E-state index in [9.17, 15) is 4.79 Å². The van der Waals surface area contributed by atoms with Crippen LogP contribution in [0.1, 0.15) is 16.1 Å². The molecule has 0 aliphatic carbocycles. The summed E-state index contributed by atoms with van der Waals surface area (Å²) >= 11 is 1.37. The quantitative estimate of drug-likeness (QED) is 0.486. The standard InChI is InChI=1S/C20H19N5O3S/c1-24-10-8-14(23-24)19(26)25(12-13-5-4-9-21-11-13)20-22-17-15(27-2)6-7-16(28-3)18(17)29-20/h4-11H,12H2,1-3H3. The minimum atomic E-state index is -0.244. The van der Waals surface area contributed by atoms with Gasteiger partial charge in [-0.2, -0.15) is 5.10 Å². The number of anilines is 1. The van der Waals surface area contributed by atoms with Gasteiger partial charge in [-0.15, -0.1) is 0 Å². The van der Waals surface area contributed by atoms with E-state index < -0.39 is 0 Å². The molecule has 29 heavy (non-hydrogen) atoms. The van der Waals surface area contributed by atoms with Gasteiger partial charge in [0.1, 0.15) is 21.7 Å². The second-order valence-electron chi connectivity index (χ2n) is 6.27. The second-order valence-corrected chi connectivity index (χ2v) is 7.25. The fourth-order valence-corrected chi connectivity index (χ4v) is 4.03. The van der Waals surface area contributed by atoms with Crippen molar-refractivity contribution in [1.82, 2.24) is 19.7 Å². The van der Waals surface area contributed by atoms with Gasteiger partial charge in [0, 0.05) is 25.6 Å². The third-order valence-corrected chi connectivity index (χ3v) is 5.46. The van der Waals surface area contributed by atoms with Crippen LogP contribution in [0.5, 0.6) is 11.5 Å². The summed E-state index contributed by atoms with van der Waals surface area (Å²) in [6.45, 7) is 0.313. The Morgan fingerprint density at radius 1 is 1.17 bits per heavy atom. The molecular formula is C20H19N5O3S. The molecule has 0 N–H and O–H groups in total. The summed E-state index contributed by atoms with van der Waals surface area (Å²) in [6.07, 6.45) is 5.16. The van der Waals surface area contributed by atoms with Gasteiger partial charge in [0.15, 0.2) is 10.8 Å². The van der Waals surface area contributed by atoms with Crippen LogP contribution < -0.4 is 14.4 Å². The minimum absolute atomic E-state index is 0.244. The third-order valence-electron chi connectivity index (χ3n) is 4.37. The number of carbonyl (C=O) groups excluding carboxylic acids is 1. The van der Waals surface area contributed by atoms with Crippen molar-refractivity contribution in [2.45, 2.75) is 6.54 Å². The van der Waals surface area contributed by atoms with E-state index in [-0.39, 0.29) is 5.91 Å². The lowest BCUT2D eigenvalue weighted by molar-refractivity contribution is 0.0979. The summed E-state index contributed by atoms with van der Waals surface area (Å²) in [6, 6.07) is 9.07. The topological polar surface area (TPSA) is 82.4 Å². The Kier molecular flexibility index (Phi) is 5.13. The highest BCUT2D eigenvalue weighted by Crippen LogP contribution is 2.40. The van der Waals surface area contributed by atoms with Crippen molar-refractivity contribution in [3.05, 3.63) is 60.2 Å². The molecule has 0 atom stereocenters. The van der Waals surface area contributed by atoms with Gasteiger partial charge in [-0.1, -0.05) is 17.4 Å². The summed E-state index contributed by atoms with van der Waals surface area (Å²) < 4.78 is 13.3. The number of thiazole rings is 1. The van der Waals surface area contributed by atoms with Gasteiger partial charge in [-0.25, -0.2) is 4.98 Å². The lowest BCUT2D eigenvalue weighted by atomic mass is 10.2. The smallest absolute Gasteiger partial charge is 0.280 e. The van der Waals surface area contributed by atoms with Crippen LogP contribution in [0, 0.1) is 0 Å². The fourth-order valence-electron chi connectivity index (χ4n) is 2.96. The Balaban J connectivity index is 1.83. The molecule has 1 amide bonds. The number of carbonyl (C=O) groups is 1. The highest BCUT2D eigenvalue weighted by molar-refractivity contribution is 7.22. The molecule has 0 radical (unpaired) electrons. The maximum absolute atomic E-state index is 13.3. The van der Waals surface area contributed by atoms with Crippen molar-refractivity contribution in [3.8, 4) is 11.5 Å². The van der Waals surface area contributed by atoms with E-state index in [4.69, 9.17) is 14.5 Å². The normalized spacial score (nSPS) is 10.9. The molecule has 0 saturated carbocycles. The lowest BCUT2D eigenvalue weighted by Crippen LogP contribution is -2.30. The number of hydrogen-bond acceptors (Lipinski definition) is 7. The van der Waals surface area contributed by atoms with E-state index >= 15 is 0 Å². The number of ether oxygens (including phenoxy) is 2. The molecular weight excluding hydrogens is 390 g/mol. The zero-order chi connectivity index (χ0) is 20.4. The average molecular weight is 409 g/mol. The number of aromatic nitrogens is 4. The number of pyridine rings is 1. The van der Waals surface area contributed by atoms with Crippen LogP contribution in [-0.2, 0) is 13.6 Å². The molecule has 4 rings (SSSR count). The van der Waals surface area contributed by atoms with Crippen molar-refractivity contribution >= 4 is 32.6 Å². The van der Waals surface area contributed by atoms with Gasteiger partial charge in [-0.3, -0.25) is 19.4 Å². The molecule has 0 bridgehead atoms. The summed E-state index contributed by atoms with van der Waals surface area (Å²) in [7, 11) is 4.97. The molecule has 148 valence electrons. The van der Waals surface area contributed by atoms with Crippen molar-refractivity contribution < 1.29 is 14.3 Å². The molecule has 0 aliphatic heterocycles. The average Bonchev–Trinajstić information content (AvgIpc) is 3.38. The first kappa shape index (κ1) is 18.9. The maximum atomic E-state index is 13.3. The number of methoxy groups -OCH3 is 2. The summed E-state index contributed by atoms with van der Waals surface area (Å²) in [5.41, 5.74) is 1.88. The highest BCUT2D eigenvalue weighted by Gasteiger charge is 2.25. The molecule has 9 heteroatoms. The predicted molar refractivity (Wildman–Crippen MR) is 111 cm³/mol. The van der Waals surface area contributed by atoms with Gasteiger partial charge in [-0.05, 0) is 29.8 Å². The van der Waals surface area contributed by atoms with E-state index in [1.165, 1.54) is 11.3 Å². The summed E-state index contributed by atoms with van der Waals surface area (Å²) in [5.74, 6) is 1.05. The third kappa shape index (κ3) is 3.64. The first-order chi connectivity index (χ1) is 14.1. The van der Waals surface area contributed by atoms with Gasteiger partial charge in [0.05, 0.1) is 20.8 Å². The predicted octanol–water partition coefficient (Wildman–Crippen LogP) is 3.29. The van der Waals surface area contributed by atoms with Gasteiger partial charge in [0.2, 0.25) is 0 Å². The van der Waals surface area contributed by atoms with E-state index in [0.717, 1.165) is 10.3 Å². The molecule has 1 aromatic carbocycles. The van der Waals surface area contributed by atoms with Crippen molar-refractivity contribution in [2.75, 3.05) is 19.1 Å². The fraction of sp³-hybridized carbons (Fsp3) is 0.200. The van der Waals surface area contributed by atoms with Gasteiger partial charge >= 0.3 is 0 Å². The lowest BCUT2D eigenvalue weighted by Gasteiger charge is -2.18. The van der Waals surface area contributed by atoms with Crippen molar-refractivity contribution in [1.29, 1.82) is 0 Å². The van der Waals surface area contributed by atoms with Crippen LogP contribution >= 0.6 is 11.3 Å². The maximum Gasteiger partial charge on any atom is 0.280 e.